The Bertz CT molecular complexity index is 521. The van der Waals surface area contributed by atoms with Crippen molar-refractivity contribution in [3.05, 3.63) is 29.8 Å². The molecule has 1 aromatic carbocycles. The second-order valence-electron chi connectivity index (χ2n) is 5.31. The number of carbonyl (C=O) groups is 1. The maximum Gasteiger partial charge on any atom is 0.243 e. The van der Waals surface area contributed by atoms with E-state index in [0.717, 1.165) is 17.9 Å². The molecule has 0 heterocycles. The van der Waals surface area contributed by atoms with Gasteiger partial charge in [-0.3, -0.25) is 4.79 Å². The monoisotopic (exact) mass is 464 g/mol. The molecule has 0 atom stereocenters. The molecule has 0 aliphatic heterocycles. The first-order valence-electron chi connectivity index (χ1n) is 7.99. The number of halogens is 1. The van der Waals surface area contributed by atoms with E-state index in [1.165, 1.54) is 4.90 Å². The average Bonchev–Trinajstić information content (AvgIpc) is 2.59. The smallest absolute Gasteiger partial charge is 0.243 e. The molecule has 0 saturated heterocycles. The van der Waals surface area contributed by atoms with Gasteiger partial charge in [-0.2, -0.15) is 0 Å². The minimum atomic E-state index is -0.0389. The lowest BCUT2D eigenvalue weighted by molar-refractivity contribution is -0.127. The number of rotatable bonds is 9. The highest BCUT2D eigenvalue weighted by Gasteiger charge is 2.03. The normalized spacial score (nSPS) is 10.6. The number of amides is 1. The van der Waals surface area contributed by atoms with E-state index >= 15 is 0 Å². The fourth-order valence-corrected chi connectivity index (χ4v) is 1.78. The summed E-state index contributed by atoms with van der Waals surface area (Å²) in [5.74, 6) is 1.41. The Hall–Kier alpha value is -1.55. The molecule has 25 heavy (non-hydrogen) atoms. The van der Waals surface area contributed by atoms with Crippen molar-refractivity contribution in [2.45, 2.75) is 13.5 Å². The Kier molecular flexibility index (Phi) is 12.9. The summed E-state index contributed by atoms with van der Waals surface area (Å²) in [6.07, 6.45) is 0. The van der Waals surface area contributed by atoms with Crippen molar-refractivity contribution >= 4 is 35.8 Å². The number of nitrogens with zero attached hydrogens (tertiary/aromatic N) is 2. The van der Waals surface area contributed by atoms with Crippen molar-refractivity contribution in [2.24, 2.45) is 4.99 Å². The molecule has 0 unspecified atom stereocenters. The van der Waals surface area contributed by atoms with Crippen molar-refractivity contribution in [3.8, 4) is 5.75 Å². The zero-order chi connectivity index (χ0) is 17.8. The van der Waals surface area contributed by atoms with Crippen LogP contribution in [0.25, 0.3) is 0 Å². The maximum atomic E-state index is 11.6. The number of methoxy groups -OCH3 is 1. The van der Waals surface area contributed by atoms with Crippen LogP contribution in [-0.2, 0) is 16.1 Å². The molecule has 1 amide bonds. The van der Waals surface area contributed by atoms with Gasteiger partial charge in [0, 0.05) is 27.2 Å². The first-order chi connectivity index (χ1) is 11.6. The topological polar surface area (TPSA) is 75.2 Å². The number of aliphatic imine (C=N–C) groups is 1. The minimum Gasteiger partial charge on any atom is -0.497 e. The van der Waals surface area contributed by atoms with Gasteiger partial charge in [0.2, 0.25) is 5.91 Å². The first kappa shape index (κ1) is 23.4. The van der Waals surface area contributed by atoms with Crippen LogP contribution in [0.3, 0.4) is 0 Å². The van der Waals surface area contributed by atoms with Crippen molar-refractivity contribution in [1.82, 2.24) is 15.5 Å². The van der Waals surface area contributed by atoms with Crippen molar-refractivity contribution in [2.75, 3.05) is 47.4 Å². The van der Waals surface area contributed by atoms with Crippen LogP contribution in [-0.4, -0.2) is 64.2 Å². The number of ether oxygens (including phenoxy) is 2. The van der Waals surface area contributed by atoms with Crippen LogP contribution in [0.15, 0.2) is 29.3 Å². The second kappa shape index (κ2) is 13.7. The van der Waals surface area contributed by atoms with E-state index in [-0.39, 0.29) is 36.4 Å². The summed E-state index contributed by atoms with van der Waals surface area (Å²) in [5.41, 5.74) is 1.09. The maximum absolute atomic E-state index is 11.6. The van der Waals surface area contributed by atoms with Gasteiger partial charge in [-0.25, -0.2) is 4.99 Å². The molecule has 7 nitrogen and oxygen atoms in total. The fraction of sp³-hybridized carbons (Fsp3) is 0.529. The quantitative estimate of drug-likeness (QED) is 0.251. The molecular weight excluding hydrogens is 435 g/mol. The van der Waals surface area contributed by atoms with E-state index in [1.807, 2.05) is 31.2 Å². The minimum absolute atomic E-state index is 0. The summed E-state index contributed by atoms with van der Waals surface area (Å²) in [7, 11) is 5.07. The van der Waals surface area contributed by atoms with Crippen LogP contribution < -0.4 is 15.4 Å². The number of guanidine groups is 1. The number of hydrogen-bond acceptors (Lipinski definition) is 4. The number of hydrogen-bond donors (Lipinski definition) is 2. The molecule has 0 fully saturated rings. The van der Waals surface area contributed by atoms with Crippen molar-refractivity contribution in [1.29, 1.82) is 0 Å². The Labute approximate surface area is 167 Å². The van der Waals surface area contributed by atoms with Gasteiger partial charge in [0.1, 0.15) is 12.3 Å². The van der Waals surface area contributed by atoms with Gasteiger partial charge in [0.25, 0.3) is 0 Å². The van der Waals surface area contributed by atoms with E-state index in [2.05, 4.69) is 15.6 Å². The number of likely N-dealkylation sites (N-methyl/N-ethyl adjacent to an activating group) is 1. The summed E-state index contributed by atoms with van der Waals surface area (Å²) >= 11 is 0. The van der Waals surface area contributed by atoms with Gasteiger partial charge >= 0.3 is 0 Å². The summed E-state index contributed by atoms with van der Waals surface area (Å²) in [6.45, 7) is 4.52. The average molecular weight is 464 g/mol. The van der Waals surface area contributed by atoms with E-state index < -0.39 is 0 Å². The van der Waals surface area contributed by atoms with E-state index in [9.17, 15) is 4.79 Å². The molecule has 1 aromatic rings. The van der Waals surface area contributed by atoms with Crippen LogP contribution in [0.4, 0.5) is 0 Å². The Balaban J connectivity index is 0.00000576. The molecule has 0 saturated carbocycles. The zero-order valence-corrected chi connectivity index (χ0v) is 17.7. The summed E-state index contributed by atoms with van der Waals surface area (Å²) < 4.78 is 10.7. The van der Waals surface area contributed by atoms with Gasteiger partial charge in [0.05, 0.1) is 20.3 Å². The van der Waals surface area contributed by atoms with Crippen LogP contribution in [0.1, 0.15) is 12.5 Å². The van der Waals surface area contributed by atoms with E-state index in [0.29, 0.717) is 25.7 Å². The molecule has 2 N–H and O–H groups in total. The largest absolute Gasteiger partial charge is 0.497 e. The molecular formula is C17H29IN4O3. The lowest BCUT2D eigenvalue weighted by Crippen LogP contribution is -2.39. The van der Waals surface area contributed by atoms with Gasteiger partial charge in [-0.1, -0.05) is 12.1 Å². The number of benzene rings is 1. The Morgan fingerprint density at radius 3 is 2.44 bits per heavy atom. The molecule has 0 bridgehead atoms. The van der Waals surface area contributed by atoms with Crippen LogP contribution in [0.2, 0.25) is 0 Å². The van der Waals surface area contributed by atoms with Gasteiger partial charge in [-0.05, 0) is 24.6 Å². The van der Waals surface area contributed by atoms with Crippen molar-refractivity contribution < 1.29 is 14.3 Å². The lowest BCUT2D eigenvalue weighted by atomic mass is 10.2. The summed E-state index contributed by atoms with van der Waals surface area (Å²) in [6, 6.07) is 7.78. The first-order valence-corrected chi connectivity index (χ1v) is 7.99. The van der Waals surface area contributed by atoms with Crippen LogP contribution >= 0.6 is 24.0 Å². The predicted molar refractivity (Wildman–Crippen MR) is 111 cm³/mol. The Morgan fingerprint density at radius 2 is 1.88 bits per heavy atom. The third-order valence-electron chi connectivity index (χ3n) is 3.18. The zero-order valence-electron chi connectivity index (χ0n) is 15.4. The molecule has 142 valence electrons. The molecule has 0 spiro atoms. The Morgan fingerprint density at radius 1 is 1.20 bits per heavy atom. The molecule has 0 radical (unpaired) electrons. The highest BCUT2D eigenvalue weighted by atomic mass is 127. The van der Waals surface area contributed by atoms with Crippen molar-refractivity contribution in [3.63, 3.8) is 0 Å². The third kappa shape index (κ3) is 10.1. The molecule has 0 aliphatic carbocycles. The molecule has 0 aliphatic rings. The second-order valence-corrected chi connectivity index (χ2v) is 5.31. The highest BCUT2D eigenvalue weighted by molar-refractivity contribution is 14.0. The van der Waals surface area contributed by atoms with Gasteiger partial charge in [0.15, 0.2) is 5.96 Å². The third-order valence-corrected chi connectivity index (χ3v) is 3.18. The van der Waals surface area contributed by atoms with Crippen LogP contribution in [0, 0.1) is 0 Å². The van der Waals surface area contributed by atoms with E-state index in [1.54, 1.807) is 21.2 Å². The molecule has 8 heteroatoms. The standard InChI is InChI=1S/C17H28N4O3.HI/c1-5-18-17(20-12-16(22)21(2)3)19-10-11-24-13-14-6-8-15(23-4)9-7-14;/h6-9H,5,10-13H2,1-4H3,(H2,18,19,20);1H. The van der Waals surface area contributed by atoms with E-state index in [4.69, 9.17) is 9.47 Å². The SMILES string of the molecule is CCNC(=NCC(=O)N(C)C)NCCOCc1ccc(OC)cc1.I. The molecule has 1 rings (SSSR count). The molecule has 0 aromatic heterocycles. The van der Waals surface area contributed by atoms with Gasteiger partial charge in [-0.15, -0.1) is 24.0 Å². The summed E-state index contributed by atoms with van der Waals surface area (Å²) in [4.78, 5) is 17.3. The van der Waals surface area contributed by atoms with Crippen LogP contribution in [0.5, 0.6) is 5.75 Å². The number of nitrogens with one attached hydrogen (secondary N) is 2. The fourth-order valence-electron chi connectivity index (χ4n) is 1.78. The predicted octanol–water partition coefficient (Wildman–Crippen LogP) is 1.47. The lowest BCUT2D eigenvalue weighted by Gasteiger charge is -2.13. The highest BCUT2D eigenvalue weighted by Crippen LogP contribution is 2.11. The summed E-state index contributed by atoms with van der Waals surface area (Å²) in [5, 5.41) is 6.24. The van der Waals surface area contributed by atoms with Gasteiger partial charge < -0.3 is 25.0 Å². The number of carbonyl (C=O) groups excluding carboxylic acids is 1.